The molecule has 2 heterocycles. The highest BCUT2D eigenvalue weighted by Crippen LogP contribution is 2.34. The number of likely N-dealkylation sites (N-methyl/N-ethyl adjacent to an activating group) is 1. The Bertz CT molecular complexity index is 823. The zero-order valence-corrected chi connectivity index (χ0v) is 22.3. The maximum atomic E-state index is 13.1. The predicted octanol–water partition coefficient (Wildman–Crippen LogP) is 2.55. The number of amides is 3. The highest BCUT2D eigenvalue weighted by atomic mass is 35.5. The molecular formula is C26H42ClN4O5+. The van der Waals surface area contributed by atoms with E-state index >= 15 is 0 Å². The molecule has 3 rings (SSSR count). The molecule has 36 heavy (non-hydrogen) atoms. The van der Waals surface area contributed by atoms with Crippen LogP contribution < -0.4 is 16.0 Å². The molecule has 2 saturated heterocycles. The van der Waals surface area contributed by atoms with Gasteiger partial charge in [-0.15, -0.1) is 0 Å². The summed E-state index contributed by atoms with van der Waals surface area (Å²) in [6.45, 7) is 4.32. The second-order valence-corrected chi connectivity index (χ2v) is 10.1. The lowest BCUT2D eigenvalue weighted by molar-refractivity contribution is -0.663. The van der Waals surface area contributed by atoms with Crippen molar-refractivity contribution in [1.82, 2.24) is 15.5 Å². The number of rotatable bonds is 11. The first-order valence-electron chi connectivity index (χ1n) is 13.1. The minimum Gasteiger partial charge on any atom is -0.453 e. The Labute approximate surface area is 219 Å². The molecule has 0 unspecified atom stereocenters. The number of hydrogen-bond acceptors (Lipinski definition) is 5. The highest BCUT2D eigenvalue weighted by Gasteiger charge is 2.32. The van der Waals surface area contributed by atoms with Gasteiger partial charge in [-0.05, 0) is 49.3 Å². The maximum Gasteiger partial charge on any atom is 0.406 e. The van der Waals surface area contributed by atoms with Crippen LogP contribution in [-0.2, 0) is 14.2 Å². The van der Waals surface area contributed by atoms with E-state index in [2.05, 4.69) is 27.7 Å². The SMILES string of the molecule is C[NH2+][C@H](CNC(=O)N1CCC[C@@H]([C@@H](OCCNC(=O)OC)c2cccc(Cl)c2)C1)C[C@H]1CCCOC1. The minimum atomic E-state index is -0.489. The van der Waals surface area contributed by atoms with Crippen molar-refractivity contribution < 1.29 is 29.1 Å². The van der Waals surface area contributed by atoms with Gasteiger partial charge in [0.25, 0.3) is 0 Å². The summed E-state index contributed by atoms with van der Waals surface area (Å²) in [6.07, 6.45) is 4.49. The molecule has 0 spiro atoms. The van der Waals surface area contributed by atoms with Gasteiger partial charge in [0.1, 0.15) is 6.04 Å². The van der Waals surface area contributed by atoms with Crippen molar-refractivity contribution in [2.45, 2.75) is 44.2 Å². The number of nitrogens with zero attached hydrogens (tertiary/aromatic N) is 1. The number of ether oxygens (including phenoxy) is 3. The van der Waals surface area contributed by atoms with Gasteiger partial charge in [0.15, 0.2) is 0 Å². The van der Waals surface area contributed by atoms with Crippen LogP contribution in [0.3, 0.4) is 0 Å². The molecule has 0 aromatic heterocycles. The highest BCUT2D eigenvalue weighted by molar-refractivity contribution is 6.30. The monoisotopic (exact) mass is 525 g/mol. The van der Waals surface area contributed by atoms with Crippen molar-refractivity contribution in [2.24, 2.45) is 11.8 Å². The molecule has 2 fully saturated rings. The van der Waals surface area contributed by atoms with Gasteiger partial charge in [-0.1, -0.05) is 23.7 Å². The van der Waals surface area contributed by atoms with Crippen LogP contribution in [0.2, 0.25) is 5.02 Å². The molecule has 0 bridgehead atoms. The second-order valence-electron chi connectivity index (χ2n) is 9.71. The van der Waals surface area contributed by atoms with E-state index in [0.29, 0.717) is 43.2 Å². The van der Waals surface area contributed by atoms with Gasteiger partial charge in [-0.2, -0.15) is 0 Å². The van der Waals surface area contributed by atoms with Crippen molar-refractivity contribution >= 4 is 23.7 Å². The quantitative estimate of drug-likeness (QED) is 0.385. The molecule has 4 N–H and O–H groups in total. The lowest BCUT2D eigenvalue weighted by Gasteiger charge is -2.37. The Morgan fingerprint density at radius 2 is 2.14 bits per heavy atom. The molecule has 2 aliphatic rings. The molecular weight excluding hydrogens is 484 g/mol. The van der Waals surface area contributed by atoms with Crippen LogP contribution in [0.4, 0.5) is 9.59 Å². The molecule has 9 nitrogen and oxygen atoms in total. The lowest BCUT2D eigenvalue weighted by Crippen LogP contribution is -2.88. The van der Waals surface area contributed by atoms with Crippen LogP contribution in [0.25, 0.3) is 0 Å². The van der Waals surface area contributed by atoms with Crippen LogP contribution in [0.15, 0.2) is 24.3 Å². The summed E-state index contributed by atoms with van der Waals surface area (Å²) in [6, 6.07) is 7.97. The summed E-state index contributed by atoms with van der Waals surface area (Å²) in [4.78, 5) is 26.4. The largest absolute Gasteiger partial charge is 0.453 e. The van der Waals surface area contributed by atoms with E-state index in [1.807, 2.05) is 29.2 Å². The van der Waals surface area contributed by atoms with Gasteiger partial charge < -0.3 is 35.1 Å². The summed E-state index contributed by atoms with van der Waals surface area (Å²) < 4.78 is 16.5. The normalized spacial score (nSPS) is 21.9. The molecule has 2 aliphatic heterocycles. The van der Waals surface area contributed by atoms with E-state index in [4.69, 9.17) is 21.1 Å². The van der Waals surface area contributed by atoms with Crippen LogP contribution >= 0.6 is 11.6 Å². The maximum absolute atomic E-state index is 13.1. The van der Waals surface area contributed by atoms with E-state index in [0.717, 1.165) is 51.0 Å². The molecule has 4 atom stereocenters. The summed E-state index contributed by atoms with van der Waals surface area (Å²) in [5.41, 5.74) is 0.975. The third-order valence-electron chi connectivity index (χ3n) is 7.08. The minimum absolute atomic E-state index is 0.0244. The van der Waals surface area contributed by atoms with Gasteiger partial charge >= 0.3 is 12.1 Å². The van der Waals surface area contributed by atoms with E-state index in [1.54, 1.807) is 0 Å². The number of benzene rings is 1. The molecule has 0 radical (unpaired) electrons. The second kappa shape index (κ2) is 15.2. The number of carbonyl (C=O) groups excluding carboxylic acids is 2. The Kier molecular flexibility index (Phi) is 12.1. The molecule has 202 valence electrons. The third kappa shape index (κ3) is 9.10. The molecule has 0 aliphatic carbocycles. The summed E-state index contributed by atoms with van der Waals surface area (Å²) in [7, 11) is 3.40. The average Bonchev–Trinajstić information content (AvgIpc) is 2.91. The average molecular weight is 526 g/mol. The van der Waals surface area contributed by atoms with E-state index in [1.165, 1.54) is 13.5 Å². The predicted molar refractivity (Wildman–Crippen MR) is 138 cm³/mol. The van der Waals surface area contributed by atoms with Gasteiger partial charge in [-0.3, -0.25) is 0 Å². The number of piperidine rings is 1. The third-order valence-corrected chi connectivity index (χ3v) is 7.32. The van der Waals surface area contributed by atoms with E-state index in [-0.39, 0.29) is 18.1 Å². The molecule has 1 aromatic carbocycles. The summed E-state index contributed by atoms with van der Waals surface area (Å²) >= 11 is 6.27. The van der Waals surface area contributed by atoms with Gasteiger partial charge in [0, 0.05) is 50.2 Å². The fourth-order valence-electron chi connectivity index (χ4n) is 5.13. The van der Waals surface area contributed by atoms with Crippen molar-refractivity contribution in [3.05, 3.63) is 34.9 Å². The molecule has 10 heteroatoms. The van der Waals surface area contributed by atoms with E-state index < -0.39 is 6.09 Å². The van der Waals surface area contributed by atoms with Gasteiger partial charge in [0.2, 0.25) is 0 Å². The van der Waals surface area contributed by atoms with Crippen LogP contribution in [0, 0.1) is 11.8 Å². The number of nitrogens with one attached hydrogen (secondary N) is 2. The Morgan fingerprint density at radius 1 is 1.28 bits per heavy atom. The zero-order chi connectivity index (χ0) is 25.8. The number of methoxy groups -OCH3 is 1. The van der Waals surface area contributed by atoms with Gasteiger partial charge in [0.05, 0.1) is 33.4 Å². The Balaban J connectivity index is 1.56. The smallest absolute Gasteiger partial charge is 0.406 e. The van der Waals surface area contributed by atoms with Crippen LogP contribution in [0.1, 0.15) is 43.8 Å². The van der Waals surface area contributed by atoms with Crippen molar-refractivity contribution in [1.29, 1.82) is 0 Å². The van der Waals surface area contributed by atoms with Gasteiger partial charge in [-0.25, -0.2) is 9.59 Å². The fraction of sp³-hybridized carbons (Fsp3) is 0.692. The van der Waals surface area contributed by atoms with E-state index in [9.17, 15) is 9.59 Å². The molecule has 3 amide bonds. The van der Waals surface area contributed by atoms with Crippen molar-refractivity contribution in [3.8, 4) is 0 Å². The number of likely N-dealkylation sites (tertiary alicyclic amines) is 1. The molecule has 0 saturated carbocycles. The molecule has 1 aromatic rings. The zero-order valence-electron chi connectivity index (χ0n) is 21.5. The number of hydrogen-bond donors (Lipinski definition) is 3. The number of halogens is 1. The summed E-state index contributed by atoms with van der Waals surface area (Å²) in [5.74, 6) is 0.689. The number of carbonyl (C=O) groups is 2. The lowest BCUT2D eigenvalue weighted by atomic mass is 9.88. The first-order valence-corrected chi connectivity index (χ1v) is 13.5. The van der Waals surface area contributed by atoms with Crippen LogP contribution in [-0.4, -0.2) is 83.2 Å². The Morgan fingerprint density at radius 3 is 2.86 bits per heavy atom. The van der Waals surface area contributed by atoms with Crippen molar-refractivity contribution in [2.75, 3.05) is 60.2 Å². The summed E-state index contributed by atoms with van der Waals surface area (Å²) in [5, 5.41) is 8.65. The van der Waals surface area contributed by atoms with Crippen molar-refractivity contribution in [3.63, 3.8) is 0 Å². The van der Waals surface area contributed by atoms with Crippen LogP contribution in [0.5, 0.6) is 0 Å². The topological polar surface area (TPSA) is 106 Å². The first kappa shape index (κ1) is 28.5. The first-order chi connectivity index (χ1) is 17.5. The number of alkyl carbamates (subject to hydrolysis) is 1. The standard InChI is InChI=1S/C26H41ClN4O5/c1-28-23(14-19-6-5-12-35-18-19)16-30-25(32)31-11-4-8-21(17-31)24(20-7-3-9-22(27)15-20)36-13-10-29-26(33)34-2/h3,7,9,15,19,21,23-24,28H,4-6,8,10-14,16-18H2,1-2H3,(H,29,33)(H,30,32)/p+1/t19-,21-,23+,24+/m1/s1. The Hall–Kier alpha value is -2.07. The number of quaternary nitrogens is 1. The number of nitrogens with two attached hydrogens (primary N) is 1. The fourth-order valence-corrected chi connectivity index (χ4v) is 5.33. The number of urea groups is 1.